The van der Waals surface area contributed by atoms with E-state index in [0.29, 0.717) is 0 Å². The molecule has 0 aliphatic heterocycles. The van der Waals surface area contributed by atoms with Crippen molar-refractivity contribution >= 4 is 28.3 Å². The minimum atomic E-state index is -0.941. The lowest BCUT2D eigenvalue weighted by Gasteiger charge is -1.98. The molecular weight excluding hydrogens is 225 g/mol. The molecule has 0 atom stereocenters. The van der Waals surface area contributed by atoms with E-state index in [1.807, 2.05) is 0 Å². The van der Waals surface area contributed by atoms with Crippen molar-refractivity contribution in [2.24, 2.45) is 0 Å². The first kappa shape index (κ1) is 9.72. The van der Waals surface area contributed by atoms with Crippen molar-refractivity contribution in [2.75, 3.05) is 0 Å². The number of nitro benzene ring substituents is 1. The third kappa shape index (κ3) is 1.71. The Labute approximate surface area is 87.7 Å². The summed E-state index contributed by atoms with van der Waals surface area (Å²) in [5.74, 6) is -0.941. The van der Waals surface area contributed by atoms with Gasteiger partial charge in [-0.15, -0.1) is 0 Å². The Hall–Kier alpha value is -1.82. The molecule has 0 fully saturated rings. The Morgan fingerprint density at radius 1 is 1.40 bits per heavy atom. The van der Waals surface area contributed by atoms with E-state index in [1.165, 1.54) is 6.20 Å². The molecule has 0 aliphatic carbocycles. The van der Waals surface area contributed by atoms with Crippen LogP contribution >= 0.6 is 11.6 Å². The smallest absolute Gasteiger partial charge is 0.258 e. The van der Waals surface area contributed by atoms with E-state index >= 15 is 0 Å². The zero-order valence-corrected chi connectivity index (χ0v) is 7.90. The fourth-order valence-corrected chi connectivity index (χ4v) is 1.28. The quantitative estimate of drug-likeness (QED) is 0.554. The van der Waals surface area contributed by atoms with Gasteiger partial charge in [0.2, 0.25) is 5.82 Å². The van der Waals surface area contributed by atoms with Gasteiger partial charge in [-0.1, -0.05) is 11.6 Å². The zero-order chi connectivity index (χ0) is 11.0. The van der Waals surface area contributed by atoms with Crippen molar-refractivity contribution in [2.45, 2.75) is 0 Å². The third-order valence-corrected chi connectivity index (χ3v) is 1.96. The Morgan fingerprint density at radius 3 is 2.80 bits per heavy atom. The first-order chi connectivity index (χ1) is 7.08. The van der Waals surface area contributed by atoms with Crippen LogP contribution in [0.15, 0.2) is 18.3 Å². The van der Waals surface area contributed by atoms with Crippen LogP contribution < -0.4 is 0 Å². The van der Waals surface area contributed by atoms with Gasteiger partial charge < -0.3 is 0 Å². The fourth-order valence-electron chi connectivity index (χ4n) is 1.14. The van der Waals surface area contributed by atoms with Crippen molar-refractivity contribution in [1.29, 1.82) is 0 Å². The Balaban J connectivity index is 2.77. The normalized spacial score (nSPS) is 10.5. The number of nitrogens with zero attached hydrogens (tertiary/aromatic N) is 3. The highest BCUT2D eigenvalue weighted by molar-refractivity contribution is 6.29. The van der Waals surface area contributed by atoms with Crippen LogP contribution in [0.25, 0.3) is 11.0 Å². The second kappa shape index (κ2) is 3.39. The Kier molecular flexibility index (Phi) is 2.20. The Morgan fingerprint density at radius 2 is 2.13 bits per heavy atom. The van der Waals surface area contributed by atoms with E-state index in [9.17, 15) is 14.5 Å². The molecule has 1 aromatic heterocycles. The van der Waals surface area contributed by atoms with Gasteiger partial charge in [0, 0.05) is 12.1 Å². The molecule has 0 unspecified atom stereocenters. The summed E-state index contributed by atoms with van der Waals surface area (Å²) in [5, 5.41) is 10.5. The topological polar surface area (TPSA) is 68.9 Å². The molecule has 1 heterocycles. The maximum atomic E-state index is 13.1. The van der Waals surface area contributed by atoms with E-state index < -0.39 is 16.4 Å². The Bertz CT molecular complexity index is 561. The molecule has 0 saturated heterocycles. The minimum absolute atomic E-state index is 0.100. The van der Waals surface area contributed by atoms with Crippen LogP contribution in [0, 0.1) is 15.9 Å². The van der Waals surface area contributed by atoms with Crippen LogP contribution in [-0.4, -0.2) is 14.9 Å². The van der Waals surface area contributed by atoms with Crippen molar-refractivity contribution in [3.8, 4) is 0 Å². The van der Waals surface area contributed by atoms with Crippen molar-refractivity contribution in [3.63, 3.8) is 0 Å². The van der Waals surface area contributed by atoms with Crippen LogP contribution in [0.1, 0.15) is 0 Å². The number of rotatable bonds is 1. The number of benzene rings is 1. The van der Waals surface area contributed by atoms with Crippen LogP contribution in [0.5, 0.6) is 0 Å². The molecule has 2 aromatic rings. The third-order valence-electron chi connectivity index (χ3n) is 1.78. The molecule has 76 valence electrons. The summed E-state index contributed by atoms with van der Waals surface area (Å²) in [4.78, 5) is 17.2. The summed E-state index contributed by atoms with van der Waals surface area (Å²) >= 11 is 5.55. The second-order valence-electron chi connectivity index (χ2n) is 2.74. The van der Waals surface area contributed by atoms with Gasteiger partial charge in [-0.25, -0.2) is 4.98 Å². The lowest BCUT2D eigenvalue weighted by molar-refractivity contribution is -0.387. The van der Waals surface area contributed by atoms with Gasteiger partial charge in [-0.3, -0.25) is 15.1 Å². The molecule has 5 nitrogen and oxygen atoms in total. The maximum Gasteiger partial charge on any atom is 0.307 e. The summed E-state index contributed by atoms with van der Waals surface area (Å²) in [6.45, 7) is 0. The highest BCUT2D eigenvalue weighted by Gasteiger charge is 2.16. The molecule has 0 aliphatic rings. The maximum absolute atomic E-state index is 13.1. The van der Waals surface area contributed by atoms with Gasteiger partial charge in [-0.05, 0) is 0 Å². The van der Waals surface area contributed by atoms with Crippen LogP contribution in [0.2, 0.25) is 5.15 Å². The first-order valence-electron chi connectivity index (χ1n) is 3.84. The number of nitro groups is 1. The van der Waals surface area contributed by atoms with Crippen LogP contribution in [0.4, 0.5) is 10.1 Å². The summed E-state index contributed by atoms with van der Waals surface area (Å²) in [6.07, 6.45) is 1.25. The predicted octanol–water partition coefficient (Wildman–Crippen LogP) is 2.33. The number of hydrogen-bond donors (Lipinski definition) is 0. The van der Waals surface area contributed by atoms with Gasteiger partial charge in [0.1, 0.15) is 5.15 Å². The van der Waals surface area contributed by atoms with Gasteiger partial charge in [0.05, 0.1) is 22.2 Å². The lowest BCUT2D eigenvalue weighted by Crippen LogP contribution is -1.94. The van der Waals surface area contributed by atoms with Gasteiger partial charge >= 0.3 is 5.69 Å². The molecule has 0 radical (unpaired) electrons. The van der Waals surface area contributed by atoms with E-state index in [2.05, 4.69) is 9.97 Å². The van der Waals surface area contributed by atoms with E-state index in [0.717, 1.165) is 12.1 Å². The molecule has 0 amide bonds. The van der Waals surface area contributed by atoms with Gasteiger partial charge in [0.15, 0.2) is 0 Å². The average Bonchev–Trinajstić information content (AvgIpc) is 2.17. The highest BCUT2D eigenvalue weighted by Crippen LogP contribution is 2.22. The standard InChI is InChI=1S/C8H3ClFN3O2/c9-8-3-11-5-1-4(10)7(13(14)15)2-6(5)12-8/h1-3H. The fraction of sp³-hybridized carbons (Fsp3) is 0. The van der Waals surface area contributed by atoms with Crippen molar-refractivity contribution in [3.05, 3.63) is 39.4 Å². The monoisotopic (exact) mass is 227 g/mol. The lowest BCUT2D eigenvalue weighted by atomic mass is 10.2. The number of hydrogen-bond acceptors (Lipinski definition) is 4. The summed E-state index contributed by atoms with van der Waals surface area (Å²) < 4.78 is 13.1. The molecule has 0 bridgehead atoms. The largest absolute Gasteiger partial charge is 0.307 e. The molecule has 0 N–H and O–H groups in total. The van der Waals surface area contributed by atoms with Crippen LogP contribution in [-0.2, 0) is 0 Å². The van der Waals surface area contributed by atoms with E-state index in [1.54, 1.807) is 0 Å². The number of aromatic nitrogens is 2. The minimum Gasteiger partial charge on any atom is -0.258 e. The van der Waals surface area contributed by atoms with Gasteiger partial charge in [0.25, 0.3) is 0 Å². The van der Waals surface area contributed by atoms with Crippen molar-refractivity contribution in [1.82, 2.24) is 9.97 Å². The summed E-state index contributed by atoms with van der Waals surface area (Å²) in [7, 11) is 0. The molecular formula is C8H3ClFN3O2. The molecule has 1 aromatic carbocycles. The highest BCUT2D eigenvalue weighted by atomic mass is 35.5. The first-order valence-corrected chi connectivity index (χ1v) is 4.22. The van der Waals surface area contributed by atoms with Crippen molar-refractivity contribution < 1.29 is 9.31 Å². The second-order valence-corrected chi connectivity index (χ2v) is 3.13. The van der Waals surface area contributed by atoms with E-state index in [-0.39, 0.29) is 16.2 Å². The zero-order valence-electron chi connectivity index (χ0n) is 7.15. The predicted molar refractivity (Wildman–Crippen MR) is 51.2 cm³/mol. The molecule has 15 heavy (non-hydrogen) atoms. The average molecular weight is 228 g/mol. The SMILES string of the molecule is O=[N+]([O-])c1cc2nc(Cl)cnc2cc1F. The number of halogens is 2. The summed E-state index contributed by atoms with van der Waals surface area (Å²) in [5.41, 5.74) is -0.225. The molecule has 7 heteroatoms. The summed E-state index contributed by atoms with van der Waals surface area (Å²) in [6, 6.07) is 1.96. The van der Waals surface area contributed by atoms with E-state index in [4.69, 9.17) is 11.6 Å². The molecule has 0 spiro atoms. The molecule has 2 rings (SSSR count). The molecule has 0 saturated carbocycles. The van der Waals surface area contributed by atoms with Gasteiger partial charge in [-0.2, -0.15) is 4.39 Å². The number of fused-ring (bicyclic) bond motifs is 1. The van der Waals surface area contributed by atoms with Crippen LogP contribution in [0.3, 0.4) is 0 Å².